The molecular formula is C11H16N2OS. The molecule has 0 unspecified atom stereocenters. The second kappa shape index (κ2) is 6.48. The van der Waals surface area contributed by atoms with Crippen molar-refractivity contribution < 1.29 is 4.79 Å². The molecule has 1 aromatic carbocycles. The van der Waals surface area contributed by atoms with Gasteiger partial charge in [-0.2, -0.15) is 11.8 Å². The van der Waals surface area contributed by atoms with Crippen LogP contribution in [0.2, 0.25) is 0 Å². The number of hydrogen-bond donors (Lipinski definition) is 2. The average molecular weight is 224 g/mol. The Morgan fingerprint density at radius 3 is 2.87 bits per heavy atom. The Balaban J connectivity index is 2.41. The molecule has 0 aliphatic heterocycles. The minimum atomic E-state index is 0.0303. The first kappa shape index (κ1) is 12.1. The zero-order chi connectivity index (χ0) is 11.1. The van der Waals surface area contributed by atoms with E-state index in [0.29, 0.717) is 12.3 Å². The molecule has 0 aromatic heterocycles. The monoisotopic (exact) mass is 224 g/mol. The molecule has 0 saturated heterocycles. The van der Waals surface area contributed by atoms with Gasteiger partial charge in [0.05, 0.1) is 5.75 Å². The molecule has 4 heteroatoms. The number of anilines is 1. The molecular weight excluding hydrogens is 208 g/mol. The Morgan fingerprint density at radius 2 is 2.20 bits per heavy atom. The van der Waals surface area contributed by atoms with Crippen molar-refractivity contribution >= 4 is 23.4 Å². The van der Waals surface area contributed by atoms with Gasteiger partial charge in [0.25, 0.3) is 0 Å². The quantitative estimate of drug-likeness (QED) is 0.747. The number of carbonyl (C=O) groups is 1. The van der Waals surface area contributed by atoms with Crippen molar-refractivity contribution in [2.45, 2.75) is 6.92 Å². The summed E-state index contributed by atoms with van der Waals surface area (Å²) in [7, 11) is 0. The number of para-hydroxylation sites is 1. The van der Waals surface area contributed by atoms with Crippen molar-refractivity contribution in [1.29, 1.82) is 0 Å². The molecule has 15 heavy (non-hydrogen) atoms. The predicted octanol–water partition coefficient (Wildman–Crippen LogP) is 1.63. The molecule has 0 bridgehead atoms. The zero-order valence-corrected chi connectivity index (χ0v) is 9.64. The summed E-state index contributed by atoms with van der Waals surface area (Å²) < 4.78 is 0. The number of nitrogens with one attached hydrogen (secondary N) is 1. The van der Waals surface area contributed by atoms with Crippen LogP contribution in [-0.4, -0.2) is 24.0 Å². The van der Waals surface area contributed by atoms with Crippen LogP contribution in [0.5, 0.6) is 0 Å². The van der Waals surface area contributed by atoms with Gasteiger partial charge in [-0.3, -0.25) is 4.79 Å². The first-order valence-corrected chi connectivity index (χ1v) is 6.03. The Labute approximate surface area is 94.4 Å². The summed E-state index contributed by atoms with van der Waals surface area (Å²) in [5, 5.41) is 2.87. The molecule has 1 rings (SSSR count). The van der Waals surface area contributed by atoms with Gasteiger partial charge in [-0.05, 0) is 18.6 Å². The maximum Gasteiger partial charge on any atom is 0.234 e. The van der Waals surface area contributed by atoms with E-state index in [9.17, 15) is 4.79 Å². The molecule has 3 nitrogen and oxygen atoms in total. The summed E-state index contributed by atoms with van der Waals surface area (Å²) in [6, 6.07) is 7.74. The maximum absolute atomic E-state index is 11.5. The van der Waals surface area contributed by atoms with Crippen LogP contribution in [-0.2, 0) is 4.79 Å². The molecule has 0 saturated carbocycles. The normalized spacial score (nSPS) is 10.0. The average Bonchev–Trinajstić information content (AvgIpc) is 2.22. The molecule has 82 valence electrons. The molecule has 0 aliphatic rings. The third-order valence-corrected chi connectivity index (χ3v) is 2.91. The highest BCUT2D eigenvalue weighted by molar-refractivity contribution is 7.99. The van der Waals surface area contributed by atoms with Crippen molar-refractivity contribution in [3.63, 3.8) is 0 Å². The van der Waals surface area contributed by atoms with Gasteiger partial charge in [0, 0.05) is 18.0 Å². The maximum atomic E-state index is 11.5. The Kier molecular flexibility index (Phi) is 5.21. The summed E-state index contributed by atoms with van der Waals surface area (Å²) >= 11 is 1.55. The third kappa shape index (κ3) is 4.36. The van der Waals surface area contributed by atoms with E-state index in [4.69, 9.17) is 5.73 Å². The van der Waals surface area contributed by atoms with Gasteiger partial charge in [0.2, 0.25) is 5.91 Å². The van der Waals surface area contributed by atoms with E-state index in [0.717, 1.165) is 17.0 Å². The first-order valence-electron chi connectivity index (χ1n) is 4.87. The number of thioether (sulfide) groups is 1. The lowest BCUT2D eigenvalue weighted by Crippen LogP contribution is -2.16. The fourth-order valence-corrected chi connectivity index (χ4v) is 1.72. The standard InChI is InChI=1S/C11H16N2OS/c1-9-4-2-3-5-10(9)13-11(14)8-15-7-6-12/h2-5H,6-8,12H2,1H3,(H,13,14). The van der Waals surface area contributed by atoms with E-state index < -0.39 is 0 Å². The summed E-state index contributed by atoms with van der Waals surface area (Å²) in [5.41, 5.74) is 7.30. The molecule has 0 spiro atoms. The lowest BCUT2D eigenvalue weighted by atomic mass is 10.2. The Morgan fingerprint density at radius 1 is 1.47 bits per heavy atom. The van der Waals surface area contributed by atoms with E-state index >= 15 is 0 Å². The minimum Gasteiger partial charge on any atom is -0.330 e. The van der Waals surface area contributed by atoms with Crippen molar-refractivity contribution in [3.05, 3.63) is 29.8 Å². The molecule has 0 atom stereocenters. The number of hydrogen-bond acceptors (Lipinski definition) is 3. The molecule has 1 amide bonds. The van der Waals surface area contributed by atoms with Gasteiger partial charge in [-0.1, -0.05) is 18.2 Å². The Hall–Kier alpha value is -1.000. The zero-order valence-electron chi connectivity index (χ0n) is 8.82. The molecule has 3 N–H and O–H groups in total. The van der Waals surface area contributed by atoms with Crippen LogP contribution in [0.3, 0.4) is 0 Å². The molecule has 0 aliphatic carbocycles. The second-order valence-corrected chi connectivity index (χ2v) is 4.31. The van der Waals surface area contributed by atoms with Gasteiger partial charge in [0.15, 0.2) is 0 Å². The van der Waals surface area contributed by atoms with E-state index in [-0.39, 0.29) is 5.91 Å². The van der Waals surface area contributed by atoms with Crippen LogP contribution >= 0.6 is 11.8 Å². The summed E-state index contributed by atoms with van der Waals surface area (Å²) in [4.78, 5) is 11.5. The largest absolute Gasteiger partial charge is 0.330 e. The first-order chi connectivity index (χ1) is 7.24. The van der Waals surface area contributed by atoms with E-state index in [1.165, 1.54) is 0 Å². The van der Waals surface area contributed by atoms with Gasteiger partial charge in [-0.25, -0.2) is 0 Å². The SMILES string of the molecule is Cc1ccccc1NC(=O)CSCCN. The van der Waals surface area contributed by atoms with Crippen LogP contribution < -0.4 is 11.1 Å². The van der Waals surface area contributed by atoms with Crippen molar-refractivity contribution in [3.8, 4) is 0 Å². The number of rotatable bonds is 5. The lowest BCUT2D eigenvalue weighted by molar-refractivity contribution is -0.113. The van der Waals surface area contributed by atoms with Crippen molar-refractivity contribution in [1.82, 2.24) is 0 Å². The number of carbonyl (C=O) groups excluding carboxylic acids is 1. The van der Waals surface area contributed by atoms with Crippen LogP contribution in [0.4, 0.5) is 5.69 Å². The fraction of sp³-hybridized carbons (Fsp3) is 0.364. The predicted molar refractivity (Wildman–Crippen MR) is 66.2 cm³/mol. The van der Waals surface area contributed by atoms with E-state index in [1.54, 1.807) is 11.8 Å². The molecule has 1 aromatic rings. The van der Waals surface area contributed by atoms with Crippen LogP contribution in [0.25, 0.3) is 0 Å². The highest BCUT2D eigenvalue weighted by Crippen LogP contribution is 2.13. The smallest absolute Gasteiger partial charge is 0.234 e. The van der Waals surface area contributed by atoms with E-state index in [2.05, 4.69) is 5.32 Å². The summed E-state index contributed by atoms with van der Waals surface area (Å²) in [6.07, 6.45) is 0. The second-order valence-electron chi connectivity index (χ2n) is 3.20. The third-order valence-electron chi connectivity index (χ3n) is 1.91. The molecule has 0 fully saturated rings. The van der Waals surface area contributed by atoms with Crippen molar-refractivity contribution in [2.24, 2.45) is 5.73 Å². The van der Waals surface area contributed by atoms with Gasteiger partial charge in [-0.15, -0.1) is 0 Å². The van der Waals surface area contributed by atoms with Gasteiger partial charge >= 0.3 is 0 Å². The number of benzene rings is 1. The van der Waals surface area contributed by atoms with Gasteiger partial charge in [0.1, 0.15) is 0 Å². The lowest BCUT2D eigenvalue weighted by Gasteiger charge is -2.07. The summed E-state index contributed by atoms with van der Waals surface area (Å²) in [6.45, 7) is 2.59. The van der Waals surface area contributed by atoms with Crippen LogP contribution in [0.15, 0.2) is 24.3 Å². The molecule has 0 radical (unpaired) electrons. The van der Waals surface area contributed by atoms with Crippen LogP contribution in [0.1, 0.15) is 5.56 Å². The topological polar surface area (TPSA) is 55.1 Å². The van der Waals surface area contributed by atoms with Gasteiger partial charge < -0.3 is 11.1 Å². The van der Waals surface area contributed by atoms with Crippen molar-refractivity contribution in [2.75, 3.05) is 23.4 Å². The number of aryl methyl sites for hydroxylation is 1. The highest BCUT2D eigenvalue weighted by Gasteiger charge is 2.03. The number of amides is 1. The highest BCUT2D eigenvalue weighted by atomic mass is 32.2. The fourth-order valence-electron chi connectivity index (χ4n) is 1.15. The van der Waals surface area contributed by atoms with E-state index in [1.807, 2.05) is 31.2 Å². The summed E-state index contributed by atoms with van der Waals surface area (Å²) in [5.74, 6) is 1.31. The minimum absolute atomic E-state index is 0.0303. The Bertz CT molecular complexity index is 328. The number of nitrogens with two attached hydrogens (primary N) is 1. The van der Waals surface area contributed by atoms with Crippen LogP contribution in [0, 0.1) is 6.92 Å². The molecule has 0 heterocycles.